The lowest BCUT2D eigenvalue weighted by atomic mass is 9.93. The molecule has 58 heteroatoms. The average Bonchev–Trinajstić information content (AvgIpc) is 0.759. The van der Waals surface area contributed by atoms with Crippen LogP contribution in [0.2, 0.25) is 0 Å². The Labute approximate surface area is 748 Å². The van der Waals surface area contributed by atoms with Crippen LogP contribution in [-0.2, 0) is 119 Å². The molecule has 0 saturated carbocycles. The lowest BCUT2D eigenvalue weighted by molar-refractivity contribution is -0.404. The smallest absolute Gasteiger partial charge is 0.217 e. The van der Waals surface area contributed by atoms with Crippen molar-refractivity contribution in [1.82, 2.24) is 21.3 Å². The predicted octanol–water partition coefficient (Wildman–Crippen LogP) is -22.3. The van der Waals surface area contributed by atoms with E-state index < -0.39 is 421 Å². The molecule has 11 heterocycles. The van der Waals surface area contributed by atoms with Crippen molar-refractivity contribution in [3.8, 4) is 0 Å². The van der Waals surface area contributed by atoms with Gasteiger partial charge in [0.05, 0.1) is 71.7 Å². The average molecular weight is 1930 g/mol. The highest BCUT2D eigenvalue weighted by Gasteiger charge is 2.63. The fourth-order valence-electron chi connectivity index (χ4n) is 17.3. The van der Waals surface area contributed by atoms with Crippen LogP contribution in [0.1, 0.15) is 41.5 Å². The largest absolute Gasteiger partial charge is 0.394 e. The van der Waals surface area contributed by atoms with E-state index in [4.69, 9.17) is 99.5 Å². The fourth-order valence-corrected chi connectivity index (χ4v) is 17.3. The molecule has 0 aliphatic carbocycles. The normalized spacial score (nSPS) is 50.4. The minimum atomic E-state index is -2.69. The maximum Gasteiger partial charge on any atom is 0.217 e. The van der Waals surface area contributed by atoms with Crippen molar-refractivity contribution >= 4 is 23.6 Å². The van der Waals surface area contributed by atoms with Crippen molar-refractivity contribution in [3.63, 3.8) is 0 Å². The molecule has 0 aromatic heterocycles. The second kappa shape index (κ2) is 47.0. The van der Waals surface area contributed by atoms with Crippen molar-refractivity contribution < 1.29 is 267 Å². The molecule has 11 fully saturated rings. The van der Waals surface area contributed by atoms with E-state index in [0.29, 0.717) is 0 Å². The number of aliphatic hydroxyl groups excluding tert-OH is 29. The number of carbonyl (C=O) groups is 4. The summed E-state index contributed by atoms with van der Waals surface area (Å²) >= 11 is 0. The molecule has 11 aliphatic heterocycles. The molecule has 11 saturated heterocycles. The van der Waals surface area contributed by atoms with Gasteiger partial charge < -0.3 is 269 Å². The summed E-state index contributed by atoms with van der Waals surface area (Å²) < 4.78 is 127. The first-order valence-corrected chi connectivity index (χ1v) is 42.4. The van der Waals surface area contributed by atoms with Crippen LogP contribution in [0.4, 0.5) is 0 Å². The van der Waals surface area contributed by atoms with Gasteiger partial charge in [0.2, 0.25) is 23.6 Å². The molecule has 58 nitrogen and oxygen atoms in total. The van der Waals surface area contributed by atoms with E-state index in [2.05, 4.69) is 21.3 Å². The Bertz CT molecular complexity index is 3610. The summed E-state index contributed by atoms with van der Waals surface area (Å²) in [7, 11) is 0. The quantitative estimate of drug-likeness (QED) is 0.0290. The number of hydrogen-bond acceptors (Lipinski definition) is 54. The van der Waals surface area contributed by atoms with Crippen LogP contribution in [-0.4, -0.2) is 569 Å². The number of carbonyl (C=O) groups excluding carboxylic acids is 4. The maximum atomic E-state index is 13.6. The molecule has 11 aliphatic rings. The van der Waals surface area contributed by atoms with Gasteiger partial charge in [0.25, 0.3) is 0 Å². The zero-order valence-corrected chi connectivity index (χ0v) is 71.3. The van der Waals surface area contributed by atoms with Gasteiger partial charge >= 0.3 is 0 Å². The summed E-state index contributed by atoms with van der Waals surface area (Å²) in [6.45, 7) is -4.51. The van der Waals surface area contributed by atoms with Gasteiger partial charge in [-0.1, -0.05) is 0 Å². The highest BCUT2D eigenvalue weighted by atomic mass is 16.8. The second-order valence-electron chi connectivity index (χ2n) is 33.7. The molecule has 0 aromatic rings. The van der Waals surface area contributed by atoms with Crippen LogP contribution >= 0.6 is 0 Å². The molecule has 132 heavy (non-hydrogen) atoms. The minimum Gasteiger partial charge on any atom is -0.394 e. The Kier molecular flexibility index (Phi) is 38.5. The molecule has 4 amide bonds. The van der Waals surface area contributed by atoms with Crippen LogP contribution in [0.5, 0.6) is 0 Å². The zero-order valence-electron chi connectivity index (χ0n) is 71.3. The lowest BCUT2D eigenvalue weighted by Crippen LogP contribution is -2.71. The van der Waals surface area contributed by atoms with E-state index in [0.717, 1.165) is 27.7 Å². The van der Waals surface area contributed by atoms with Gasteiger partial charge in [-0.3, -0.25) is 19.2 Å². The number of ether oxygens (including phenoxy) is 21. The Morgan fingerprint density at radius 3 is 0.864 bits per heavy atom. The Morgan fingerprint density at radius 2 is 0.470 bits per heavy atom. The van der Waals surface area contributed by atoms with E-state index in [1.165, 1.54) is 13.8 Å². The third-order valence-corrected chi connectivity index (χ3v) is 24.5. The lowest BCUT2D eigenvalue weighted by Gasteiger charge is -2.52. The Hall–Kier alpha value is -4.12. The van der Waals surface area contributed by atoms with Crippen LogP contribution in [0.15, 0.2) is 0 Å². The minimum absolute atomic E-state index is 0.817. The van der Waals surface area contributed by atoms with E-state index in [1.54, 1.807) is 0 Å². The monoisotopic (exact) mass is 1930 g/mol. The van der Waals surface area contributed by atoms with E-state index in [1.807, 2.05) is 0 Å². The number of hydrogen-bond donors (Lipinski definition) is 33. The number of rotatable bonds is 33. The maximum absolute atomic E-state index is 13.6. The summed E-state index contributed by atoms with van der Waals surface area (Å²) in [5.74, 6) is -3.89. The molecule has 0 unspecified atom stereocenters. The Balaban J connectivity index is 0.971. The van der Waals surface area contributed by atoms with Crippen LogP contribution in [0, 0.1) is 0 Å². The van der Waals surface area contributed by atoms with Crippen LogP contribution in [0.3, 0.4) is 0 Å². The van der Waals surface area contributed by atoms with Gasteiger partial charge in [0.15, 0.2) is 69.2 Å². The second-order valence-corrected chi connectivity index (χ2v) is 33.7. The van der Waals surface area contributed by atoms with Crippen LogP contribution < -0.4 is 21.3 Å². The third kappa shape index (κ3) is 23.5. The molecule has 55 atom stereocenters. The first-order valence-electron chi connectivity index (χ1n) is 42.4. The van der Waals surface area contributed by atoms with Gasteiger partial charge in [-0.2, -0.15) is 0 Å². The van der Waals surface area contributed by atoms with E-state index in [9.17, 15) is 167 Å². The van der Waals surface area contributed by atoms with Gasteiger partial charge in [-0.25, -0.2) is 0 Å². The Morgan fingerprint density at radius 1 is 0.212 bits per heavy atom. The van der Waals surface area contributed by atoms with Crippen molar-refractivity contribution in [1.29, 1.82) is 0 Å². The van der Waals surface area contributed by atoms with E-state index >= 15 is 0 Å². The molecule has 11 rings (SSSR count). The number of amides is 4. The van der Waals surface area contributed by atoms with Gasteiger partial charge in [0.1, 0.15) is 256 Å². The zero-order chi connectivity index (χ0) is 97.1. The van der Waals surface area contributed by atoms with Crippen LogP contribution in [0.25, 0.3) is 0 Å². The predicted molar refractivity (Wildman–Crippen MR) is 406 cm³/mol. The number of nitrogens with one attached hydrogen (secondary N) is 4. The highest BCUT2D eigenvalue weighted by Crippen LogP contribution is 2.43. The number of aliphatic hydroxyl groups is 29. The molecule has 764 valence electrons. The van der Waals surface area contributed by atoms with E-state index in [-0.39, 0.29) is 0 Å². The van der Waals surface area contributed by atoms with Crippen molar-refractivity contribution in [2.24, 2.45) is 0 Å². The third-order valence-electron chi connectivity index (χ3n) is 24.5. The summed E-state index contributed by atoms with van der Waals surface area (Å²) in [5, 5.41) is 336. The summed E-state index contributed by atoms with van der Waals surface area (Å²) in [6, 6.07) is -7.87. The van der Waals surface area contributed by atoms with Gasteiger partial charge in [-0.15, -0.1) is 0 Å². The molecule has 33 N–H and O–H groups in total. The molecular formula is C74H124N4O54. The first-order chi connectivity index (χ1) is 62.4. The highest BCUT2D eigenvalue weighted by molar-refractivity contribution is 5.74. The van der Waals surface area contributed by atoms with Gasteiger partial charge in [-0.05, 0) is 13.8 Å². The molecule has 0 radical (unpaired) electrons. The molecular weight excluding hydrogens is 1810 g/mol. The topological polar surface area (TPSA) is 897 Å². The first kappa shape index (κ1) is 108. The SMILES string of the molecule is CC(=O)N[C@@H]1[C@@H](O)[C@H](O[C@@H]2O[C@H](CO)[C@@H](O[C@@H]3O[C@H](CO[C@H]4O[C@H](CO)[C@@H](O)[C@H](O)[C@@H]4O[C@@H]4O[C@H](CO)[C@@H](O[C@@H]5O[C@@H](C)[C@@H](O)[C@@H](O)[C@@H]5O)[C@H](O[C@@H]5O[C@H](CO)[C@H](O)[C@H](O)[C@H]5O)[C@H]4NC(C)=O)[C@@H](O)[C@H](O[C@H]4O[C@H](CO)[C@@H](O)[C@H](O)[C@@H]4O[C@@H]4O[C@H](CO)[C@@H](O[C@@H]5O[C@@H](C)[C@@H](O)[C@@H](O)[C@@H]5O)[C@H](O[C@@H]5O[C@H](CO)[C@H](O)[C@H](O)[C@@H]5O)[C@H]4NC(C)=O)[C@@H]3O)[C@H](O)[C@H]2NC(C)=O)[C@@H](CO)O[C@H]1O. The standard InChI is InChI=1S/C74H124N4O54/c1-16-35(91)44(100)50(106)68(113-16)126-57-28(13-85)121-66(33(77-20(5)89)59(57)128-70-52(108)46(102)37(93)22(7-79)116-70)131-62-48(104)39(95)24(9-81)118-73(62)112-15-30-41(97)61(54(110)72(123-30)125-56-27(12-84)120-65(32(43(56)99)76-19(4)88)124-55-26(11-83)115-64(111)31(42(55)98)75-18(3)87)130-74-63(49(105)40(96)25(10-82)119-74)132-67-34(78-21(6)90)60(129-71-53(109)47(103)38(94)23(8-80)117-71)58(29(14-86)122-67)127-69-51(107)45(101)36(92)17(2)114-69/h16-17,22-74,79-86,91-111H,7-15H2,1-6H3,(H,75,87)(H,76,88)(H,77,89)(H,78,90)/t16-,17-,22+,23+,24+,25+,26+,27+,28+,29+,30+,31+,32+,33+,34+,35+,36+,37-,38-,39+,40+,41+,42+,43+,44+,45+,46-,47-,48-,49-,50-,51-,52+,53-,54-,55+,56+,57+,58+,59+,60+,61-,62-,63-,64+,65-,66-,67-,68-,69-,70-,71-,72-,73-,74+/m0/s1. The van der Waals surface area contributed by atoms with Gasteiger partial charge in [0, 0.05) is 27.7 Å². The summed E-state index contributed by atoms with van der Waals surface area (Å²) in [4.78, 5) is 52.6. The fraction of sp³-hybridized carbons (Fsp3) is 0.946. The molecule has 0 spiro atoms. The van der Waals surface area contributed by atoms with Crippen molar-refractivity contribution in [2.45, 2.75) is 379 Å². The summed E-state index contributed by atoms with van der Waals surface area (Å²) in [5.41, 5.74) is 0. The summed E-state index contributed by atoms with van der Waals surface area (Å²) in [6.07, 6.45) is -109. The van der Waals surface area contributed by atoms with Crippen molar-refractivity contribution in [3.05, 3.63) is 0 Å². The molecule has 0 aromatic carbocycles. The molecule has 0 bridgehead atoms. The van der Waals surface area contributed by atoms with Crippen molar-refractivity contribution in [2.75, 3.05) is 59.5 Å².